The van der Waals surface area contributed by atoms with Gasteiger partial charge in [-0.25, -0.2) is 0 Å². The van der Waals surface area contributed by atoms with Crippen LogP contribution in [0.15, 0.2) is 18.2 Å². The van der Waals surface area contributed by atoms with Crippen molar-refractivity contribution in [2.24, 2.45) is 5.73 Å². The number of hydrogen-bond acceptors (Lipinski definition) is 4. The maximum atomic E-state index is 13.0. The molecule has 0 aliphatic carbocycles. The van der Waals surface area contributed by atoms with Crippen LogP contribution in [0.3, 0.4) is 0 Å². The summed E-state index contributed by atoms with van der Waals surface area (Å²) >= 11 is 4.16. The Balaban J connectivity index is 2.17. The van der Waals surface area contributed by atoms with Crippen LogP contribution in [-0.2, 0) is 4.79 Å². The van der Waals surface area contributed by atoms with Crippen LogP contribution in [-0.4, -0.2) is 59.1 Å². The number of carbonyl (C=O) groups is 2. The fourth-order valence-corrected chi connectivity index (χ4v) is 3.62. The first-order chi connectivity index (χ1) is 12.4. The number of benzene rings is 1. The van der Waals surface area contributed by atoms with Crippen molar-refractivity contribution >= 4 is 24.4 Å². The summed E-state index contributed by atoms with van der Waals surface area (Å²) in [6.07, 6.45) is 2.97. The summed E-state index contributed by atoms with van der Waals surface area (Å²) in [4.78, 5) is 29.4. The van der Waals surface area contributed by atoms with Crippen molar-refractivity contribution in [2.45, 2.75) is 52.1 Å². The molecule has 6 heteroatoms. The molecule has 144 valence electrons. The second-order valence-corrected chi connectivity index (χ2v) is 7.48. The number of aryl methyl sites for hydroxylation is 1. The molecule has 0 spiro atoms. The third-order valence-corrected chi connectivity index (χ3v) is 5.69. The predicted molar refractivity (Wildman–Crippen MR) is 109 cm³/mol. The van der Waals surface area contributed by atoms with E-state index in [4.69, 9.17) is 5.73 Å². The molecule has 0 saturated carbocycles. The monoisotopic (exact) mass is 377 g/mol. The van der Waals surface area contributed by atoms with Gasteiger partial charge in [0.2, 0.25) is 5.91 Å². The lowest BCUT2D eigenvalue weighted by Crippen LogP contribution is -2.59. The number of nitrogens with two attached hydrogens (primary N) is 1. The molecule has 0 aromatic heterocycles. The van der Waals surface area contributed by atoms with E-state index in [2.05, 4.69) is 19.6 Å². The number of piperazine rings is 1. The van der Waals surface area contributed by atoms with E-state index in [-0.39, 0.29) is 17.9 Å². The lowest BCUT2D eigenvalue weighted by Gasteiger charge is -2.42. The zero-order valence-electron chi connectivity index (χ0n) is 16.1. The van der Waals surface area contributed by atoms with Gasteiger partial charge in [0.15, 0.2) is 0 Å². The van der Waals surface area contributed by atoms with E-state index >= 15 is 0 Å². The first-order valence-electron chi connectivity index (χ1n) is 9.43. The molecule has 1 unspecified atom stereocenters. The highest BCUT2D eigenvalue weighted by Gasteiger charge is 2.34. The van der Waals surface area contributed by atoms with Crippen molar-refractivity contribution in [3.63, 3.8) is 0 Å². The molecule has 5 nitrogen and oxygen atoms in total. The molecule has 1 fully saturated rings. The van der Waals surface area contributed by atoms with E-state index in [1.54, 1.807) is 0 Å². The van der Waals surface area contributed by atoms with Gasteiger partial charge >= 0.3 is 0 Å². The summed E-state index contributed by atoms with van der Waals surface area (Å²) in [5.74, 6) is 0.333. The normalized spacial score (nSPS) is 18.7. The Morgan fingerprint density at radius 2 is 2.04 bits per heavy atom. The Morgan fingerprint density at radius 3 is 2.69 bits per heavy atom. The average Bonchev–Trinajstić information content (AvgIpc) is 2.66. The Kier molecular flexibility index (Phi) is 7.53. The highest BCUT2D eigenvalue weighted by Crippen LogP contribution is 2.21. The molecule has 2 N–H and O–H groups in total. The molecule has 2 atom stereocenters. The van der Waals surface area contributed by atoms with E-state index in [9.17, 15) is 9.59 Å². The van der Waals surface area contributed by atoms with Gasteiger partial charge < -0.3 is 15.5 Å². The Morgan fingerprint density at radius 1 is 1.31 bits per heavy atom. The number of unbranched alkanes of at least 4 members (excludes halogenated alkanes) is 1. The van der Waals surface area contributed by atoms with Gasteiger partial charge in [0, 0.05) is 37.0 Å². The van der Waals surface area contributed by atoms with Gasteiger partial charge in [-0.1, -0.05) is 31.9 Å². The molecule has 1 heterocycles. The number of amides is 2. The lowest BCUT2D eigenvalue weighted by atomic mass is 10.00. The molecule has 1 saturated heterocycles. The van der Waals surface area contributed by atoms with Crippen molar-refractivity contribution in [2.75, 3.05) is 25.4 Å². The van der Waals surface area contributed by atoms with Gasteiger partial charge in [-0.2, -0.15) is 12.6 Å². The van der Waals surface area contributed by atoms with Crippen LogP contribution in [0.4, 0.5) is 0 Å². The molecule has 1 aliphatic rings. The number of rotatable bonds is 6. The first kappa shape index (κ1) is 20.8. The molecular weight excluding hydrogens is 346 g/mol. The SMILES string of the molecule is CCCC[C@H]1CN(C(=O)c2cccc(C)c2C)CCN1C(=O)C(N)CS. The minimum Gasteiger partial charge on any atom is -0.335 e. The summed E-state index contributed by atoms with van der Waals surface area (Å²) in [5, 5.41) is 0. The number of hydrogen-bond donors (Lipinski definition) is 2. The van der Waals surface area contributed by atoms with E-state index in [0.29, 0.717) is 25.4 Å². The molecule has 26 heavy (non-hydrogen) atoms. The standard InChI is InChI=1S/C20H31N3O2S/c1-4-5-8-16-12-22(10-11-23(16)20(25)18(21)13-26)19(24)17-9-6-7-14(2)15(17)3/h6-7,9,16,18,26H,4-5,8,10-13,21H2,1-3H3/t16-,18?/m0/s1. The summed E-state index contributed by atoms with van der Waals surface area (Å²) < 4.78 is 0. The molecule has 2 amide bonds. The third kappa shape index (κ3) is 4.60. The van der Waals surface area contributed by atoms with Gasteiger partial charge in [0.25, 0.3) is 5.91 Å². The molecule has 1 aliphatic heterocycles. The molecule has 1 aromatic carbocycles. The van der Waals surface area contributed by atoms with Gasteiger partial charge in [0.1, 0.15) is 0 Å². The van der Waals surface area contributed by atoms with Crippen LogP contribution in [0.2, 0.25) is 0 Å². The zero-order valence-corrected chi connectivity index (χ0v) is 17.0. The van der Waals surface area contributed by atoms with E-state index in [0.717, 1.165) is 36.0 Å². The van der Waals surface area contributed by atoms with E-state index in [1.165, 1.54) is 0 Å². The van der Waals surface area contributed by atoms with Crippen LogP contribution < -0.4 is 5.73 Å². The number of thiol groups is 1. The fraction of sp³-hybridized carbons (Fsp3) is 0.600. The Labute approximate surface area is 162 Å². The summed E-state index contributed by atoms with van der Waals surface area (Å²) in [6.45, 7) is 7.78. The molecule has 2 rings (SSSR count). The van der Waals surface area contributed by atoms with Crippen LogP contribution in [0.1, 0.15) is 47.7 Å². The highest BCUT2D eigenvalue weighted by atomic mass is 32.1. The van der Waals surface area contributed by atoms with E-state index < -0.39 is 6.04 Å². The van der Waals surface area contributed by atoms with Gasteiger partial charge in [-0.05, 0) is 37.5 Å². The third-order valence-electron chi connectivity index (χ3n) is 5.29. The maximum Gasteiger partial charge on any atom is 0.254 e. The number of nitrogens with zero attached hydrogens (tertiary/aromatic N) is 2. The molecule has 0 radical (unpaired) electrons. The molecule has 0 bridgehead atoms. The molecular formula is C20H31N3O2S. The minimum atomic E-state index is -0.580. The van der Waals surface area contributed by atoms with Crippen molar-refractivity contribution in [1.29, 1.82) is 0 Å². The van der Waals surface area contributed by atoms with Gasteiger partial charge in [0.05, 0.1) is 6.04 Å². The van der Waals surface area contributed by atoms with Crippen molar-refractivity contribution < 1.29 is 9.59 Å². The summed E-state index contributed by atoms with van der Waals surface area (Å²) in [7, 11) is 0. The van der Waals surface area contributed by atoms with Crippen LogP contribution in [0, 0.1) is 13.8 Å². The maximum absolute atomic E-state index is 13.0. The molecule has 1 aromatic rings. The van der Waals surface area contributed by atoms with Crippen LogP contribution in [0.5, 0.6) is 0 Å². The summed E-state index contributed by atoms with van der Waals surface area (Å²) in [6, 6.07) is 5.28. The zero-order chi connectivity index (χ0) is 19.3. The minimum absolute atomic E-state index is 0.0243. The van der Waals surface area contributed by atoms with Crippen molar-refractivity contribution in [3.05, 3.63) is 34.9 Å². The largest absolute Gasteiger partial charge is 0.335 e. The summed E-state index contributed by atoms with van der Waals surface area (Å²) in [5.41, 5.74) is 8.81. The second-order valence-electron chi connectivity index (χ2n) is 7.12. The van der Waals surface area contributed by atoms with E-state index in [1.807, 2.05) is 41.8 Å². The first-order valence-corrected chi connectivity index (χ1v) is 10.1. The predicted octanol–water partition coefficient (Wildman–Crippen LogP) is 2.40. The highest BCUT2D eigenvalue weighted by molar-refractivity contribution is 7.80. The van der Waals surface area contributed by atoms with Crippen LogP contribution >= 0.6 is 12.6 Å². The fourth-order valence-electron chi connectivity index (χ4n) is 3.46. The Bertz CT molecular complexity index is 650. The second kappa shape index (κ2) is 9.42. The smallest absolute Gasteiger partial charge is 0.254 e. The number of carbonyl (C=O) groups excluding carboxylic acids is 2. The van der Waals surface area contributed by atoms with Crippen LogP contribution in [0.25, 0.3) is 0 Å². The van der Waals surface area contributed by atoms with Crippen molar-refractivity contribution in [3.8, 4) is 0 Å². The van der Waals surface area contributed by atoms with Crippen molar-refractivity contribution in [1.82, 2.24) is 9.80 Å². The average molecular weight is 378 g/mol. The van der Waals surface area contributed by atoms with Gasteiger partial charge in [-0.15, -0.1) is 0 Å². The Hall–Kier alpha value is -1.53. The topological polar surface area (TPSA) is 66.6 Å². The van der Waals surface area contributed by atoms with Gasteiger partial charge in [-0.3, -0.25) is 9.59 Å². The lowest BCUT2D eigenvalue weighted by molar-refractivity contribution is -0.136. The quantitative estimate of drug-likeness (QED) is 0.748.